The van der Waals surface area contributed by atoms with Crippen molar-refractivity contribution in [2.45, 2.75) is 37.2 Å². The largest absolute Gasteiger partial charge is 0.480 e. The lowest BCUT2D eigenvalue weighted by atomic mass is 10.2. The van der Waals surface area contributed by atoms with Gasteiger partial charge < -0.3 is 9.84 Å². The number of carboxylic acid groups (broad SMARTS) is 1. The van der Waals surface area contributed by atoms with E-state index in [9.17, 15) is 18.0 Å². The van der Waals surface area contributed by atoms with Crippen LogP contribution in [-0.2, 0) is 30.9 Å². The molecule has 21 heavy (non-hydrogen) atoms. The maximum Gasteiger partial charge on any atom is 0.327 e. The molecule has 1 aromatic heterocycles. The summed E-state index contributed by atoms with van der Waals surface area (Å²) in [6.45, 7) is 1.52. The quantitative estimate of drug-likeness (QED) is 0.623. The Kier molecular flexibility index (Phi) is 5.85. The lowest BCUT2D eigenvalue weighted by Gasteiger charge is -2.12. The van der Waals surface area contributed by atoms with E-state index in [-0.39, 0.29) is 17.9 Å². The van der Waals surface area contributed by atoms with E-state index in [1.165, 1.54) is 7.11 Å². The van der Waals surface area contributed by atoms with Crippen LogP contribution in [0, 0.1) is 0 Å². The molecule has 0 spiro atoms. The van der Waals surface area contributed by atoms with E-state index < -0.39 is 28.0 Å². The van der Waals surface area contributed by atoms with Crippen LogP contribution in [0.15, 0.2) is 17.3 Å². The molecule has 2 N–H and O–H groups in total. The zero-order valence-corrected chi connectivity index (χ0v) is 12.5. The van der Waals surface area contributed by atoms with Crippen molar-refractivity contribution >= 4 is 22.0 Å². The van der Waals surface area contributed by atoms with Gasteiger partial charge in [-0.15, -0.1) is 0 Å². The van der Waals surface area contributed by atoms with Crippen LogP contribution in [0.1, 0.15) is 19.8 Å². The third kappa shape index (κ3) is 4.83. The normalized spacial score (nSPS) is 12.9. The Hall–Kier alpha value is -1.94. The molecule has 0 bridgehead atoms. The van der Waals surface area contributed by atoms with Gasteiger partial charge in [-0.2, -0.15) is 9.82 Å². The highest BCUT2D eigenvalue weighted by Crippen LogP contribution is 2.10. The minimum atomic E-state index is -4.01. The lowest BCUT2D eigenvalue weighted by Crippen LogP contribution is -2.40. The molecule has 0 saturated heterocycles. The zero-order valence-electron chi connectivity index (χ0n) is 11.6. The third-order valence-electron chi connectivity index (χ3n) is 2.61. The van der Waals surface area contributed by atoms with Gasteiger partial charge in [-0.1, -0.05) is 13.3 Å². The Bertz CT molecular complexity index is 609. The monoisotopic (exact) mass is 319 g/mol. The molecule has 1 aromatic rings. The van der Waals surface area contributed by atoms with Crippen molar-refractivity contribution in [2.24, 2.45) is 0 Å². The van der Waals surface area contributed by atoms with E-state index in [4.69, 9.17) is 5.11 Å². The molecule has 0 amide bonds. The van der Waals surface area contributed by atoms with Crippen LogP contribution in [0.2, 0.25) is 0 Å². The Morgan fingerprint density at radius 1 is 1.52 bits per heavy atom. The van der Waals surface area contributed by atoms with E-state index in [1.54, 1.807) is 6.92 Å². The van der Waals surface area contributed by atoms with Gasteiger partial charge in [-0.3, -0.25) is 14.3 Å². The van der Waals surface area contributed by atoms with Gasteiger partial charge in [0.05, 0.1) is 13.3 Å². The highest BCUT2D eigenvalue weighted by atomic mass is 32.2. The number of aromatic nitrogens is 2. The first-order chi connectivity index (χ1) is 9.80. The highest BCUT2D eigenvalue weighted by molar-refractivity contribution is 7.89. The van der Waals surface area contributed by atoms with Crippen molar-refractivity contribution in [2.75, 3.05) is 7.11 Å². The zero-order chi connectivity index (χ0) is 16.0. The summed E-state index contributed by atoms with van der Waals surface area (Å²) in [6, 6.07) is -1.20. The average Bonchev–Trinajstić information content (AvgIpc) is 2.87. The lowest BCUT2D eigenvalue weighted by molar-refractivity contribution is -0.141. The summed E-state index contributed by atoms with van der Waals surface area (Å²) in [5.74, 6) is -1.83. The molecule has 0 aliphatic heterocycles. The molecule has 0 radical (unpaired) electrons. The number of carboxylic acids is 1. The standard InChI is InChI=1S/C11H17N3O6S/c1-3-4-9(11(16)17)13-21(18,19)8-5-12-14(6-8)7-10(15)20-2/h5-6,9,13H,3-4,7H2,1-2H3,(H,16,17). The topological polar surface area (TPSA) is 128 Å². The molecular weight excluding hydrogens is 302 g/mol. The summed E-state index contributed by atoms with van der Waals surface area (Å²) in [5.41, 5.74) is 0. The molecule has 9 nitrogen and oxygen atoms in total. The van der Waals surface area contributed by atoms with E-state index in [0.29, 0.717) is 6.42 Å². The Morgan fingerprint density at radius 2 is 2.19 bits per heavy atom. The van der Waals surface area contributed by atoms with Crippen LogP contribution < -0.4 is 4.72 Å². The van der Waals surface area contributed by atoms with Crippen LogP contribution in [0.3, 0.4) is 0 Å². The fourth-order valence-corrected chi connectivity index (χ4v) is 2.72. The molecule has 10 heteroatoms. The number of sulfonamides is 1. The number of nitrogens with zero attached hydrogens (tertiary/aromatic N) is 2. The van der Waals surface area contributed by atoms with Gasteiger partial charge in [0.2, 0.25) is 10.0 Å². The third-order valence-corrected chi connectivity index (χ3v) is 4.04. The highest BCUT2D eigenvalue weighted by Gasteiger charge is 2.25. The van der Waals surface area contributed by atoms with Crippen molar-refractivity contribution < 1.29 is 27.9 Å². The van der Waals surface area contributed by atoms with Gasteiger partial charge >= 0.3 is 11.9 Å². The van der Waals surface area contributed by atoms with E-state index in [1.807, 2.05) is 0 Å². The van der Waals surface area contributed by atoms with Crippen LogP contribution in [-0.4, -0.2) is 48.4 Å². The maximum absolute atomic E-state index is 12.0. The van der Waals surface area contributed by atoms with Crippen molar-refractivity contribution in [1.82, 2.24) is 14.5 Å². The van der Waals surface area contributed by atoms with Gasteiger partial charge in [-0.05, 0) is 6.42 Å². The van der Waals surface area contributed by atoms with Crippen molar-refractivity contribution in [3.05, 3.63) is 12.4 Å². The Labute approximate surface area is 121 Å². The maximum atomic E-state index is 12.0. The minimum Gasteiger partial charge on any atom is -0.480 e. The van der Waals surface area contributed by atoms with Crippen LogP contribution in [0.5, 0.6) is 0 Å². The molecule has 0 saturated carbocycles. The van der Waals surface area contributed by atoms with Crippen molar-refractivity contribution in [3.8, 4) is 0 Å². The molecule has 0 aliphatic carbocycles. The molecule has 118 valence electrons. The number of hydrogen-bond acceptors (Lipinski definition) is 6. The summed E-state index contributed by atoms with van der Waals surface area (Å²) in [4.78, 5) is 21.8. The number of hydrogen-bond donors (Lipinski definition) is 2. The predicted octanol–water partition coefficient (Wildman–Crippen LogP) is -0.412. The number of ether oxygens (including phenoxy) is 1. The molecule has 0 aliphatic rings. The predicted molar refractivity (Wildman–Crippen MR) is 70.9 cm³/mol. The number of rotatable bonds is 8. The summed E-state index contributed by atoms with van der Waals surface area (Å²) >= 11 is 0. The summed E-state index contributed by atoms with van der Waals surface area (Å²) < 4.78 is 31.7. The second kappa shape index (κ2) is 7.18. The van der Waals surface area contributed by atoms with Crippen molar-refractivity contribution in [3.63, 3.8) is 0 Å². The molecule has 1 atom stereocenters. The number of carbonyl (C=O) groups excluding carboxylic acids is 1. The average molecular weight is 319 g/mol. The van der Waals surface area contributed by atoms with E-state index in [0.717, 1.165) is 17.1 Å². The first kappa shape index (κ1) is 17.1. The summed E-state index contributed by atoms with van der Waals surface area (Å²) in [6.07, 6.45) is 2.85. The molecule has 1 heterocycles. The summed E-state index contributed by atoms with van der Waals surface area (Å²) in [5, 5.41) is 12.7. The first-order valence-electron chi connectivity index (χ1n) is 6.14. The van der Waals surface area contributed by atoms with Crippen LogP contribution in [0.4, 0.5) is 0 Å². The minimum absolute atomic E-state index is 0.171. The van der Waals surface area contributed by atoms with Gasteiger partial charge in [0.25, 0.3) is 0 Å². The Balaban J connectivity index is 2.87. The molecule has 0 fully saturated rings. The summed E-state index contributed by atoms with van der Waals surface area (Å²) in [7, 11) is -2.81. The smallest absolute Gasteiger partial charge is 0.327 e. The Morgan fingerprint density at radius 3 is 2.71 bits per heavy atom. The van der Waals surface area contributed by atoms with Gasteiger partial charge in [0, 0.05) is 6.20 Å². The van der Waals surface area contributed by atoms with Crippen LogP contribution in [0.25, 0.3) is 0 Å². The second-order valence-corrected chi connectivity index (χ2v) is 5.96. The van der Waals surface area contributed by atoms with Crippen LogP contribution >= 0.6 is 0 Å². The SMILES string of the molecule is CCCC(NS(=O)(=O)c1cnn(CC(=O)OC)c1)C(=O)O. The van der Waals surface area contributed by atoms with E-state index in [2.05, 4.69) is 14.6 Å². The number of aliphatic carboxylic acids is 1. The second-order valence-electron chi connectivity index (χ2n) is 4.25. The fourth-order valence-electron chi connectivity index (χ4n) is 1.54. The number of nitrogens with one attached hydrogen (secondary N) is 1. The molecule has 1 unspecified atom stereocenters. The van der Waals surface area contributed by atoms with Gasteiger partial charge in [-0.25, -0.2) is 8.42 Å². The molecular formula is C11H17N3O6S. The molecule has 1 rings (SSSR count). The van der Waals surface area contributed by atoms with Crippen molar-refractivity contribution in [1.29, 1.82) is 0 Å². The molecule has 0 aromatic carbocycles. The fraction of sp³-hybridized carbons (Fsp3) is 0.545. The van der Waals surface area contributed by atoms with Gasteiger partial charge in [0.1, 0.15) is 17.5 Å². The van der Waals surface area contributed by atoms with E-state index >= 15 is 0 Å². The first-order valence-corrected chi connectivity index (χ1v) is 7.63. The number of carbonyl (C=O) groups is 2. The number of esters is 1. The van der Waals surface area contributed by atoms with Gasteiger partial charge in [0.15, 0.2) is 0 Å². The number of methoxy groups -OCH3 is 1.